The van der Waals surface area contributed by atoms with Crippen molar-refractivity contribution < 1.29 is 14.3 Å². The molecule has 160 valence electrons. The Morgan fingerprint density at radius 2 is 2.03 bits per heavy atom. The van der Waals surface area contributed by atoms with Crippen molar-refractivity contribution in [2.75, 3.05) is 18.5 Å². The minimum Gasteiger partial charge on any atom is -0.478 e. The molecule has 1 amide bonds. The van der Waals surface area contributed by atoms with Crippen molar-refractivity contribution in [3.8, 4) is 5.88 Å². The fraction of sp³-hybridized carbons (Fsp3) is 0.522. The van der Waals surface area contributed by atoms with E-state index in [9.17, 15) is 9.59 Å². The number of amides is 1. The van der Waals surface area contributed by atoms with Gasteiger partial charge in [0.1, 0.15) is 0 Å². The van der Waals surface area contributed by atoms with Crippen LogP contribution in [0.1, 0.15) is 77.8 Å². The number of pyridine rings is 1. The van der Waals surface area contributed by atoms with Gasteiger partial charge in [0, 0.05) is 30.4 Å². The van der Waals surface area contributed by atoms with Crippen LogP contribution in [0.3, 0.4) is 0 Å². The molecular formula is C23H30N4O3. The second-order valence-corrected chi connectivity index (χ2v) is 8.16. The highest BCUT2D eigenvalue weighted by Gasteiger charge is 2.25. The number of rotatable bonds is 8. The maximum absolute atomic E-state index is 12.6. The van der Waals surface area contributed by atoms with Crippen molar-refractivity contribution >= 4 is 17.4 Å². The number of Topliss-reactive ketones (excluding diaryl/α,β-unsaturated/α-hetero) is 1. The molecule has 7 heteroatoms. The number of hydrogen-bond donors (Lipinski definition) is 3. The molecule has 2 aromatic heterocycles. The highest BCUT2D eigenvalue weighted by atomic mass is 16.5. The molecule has 0 bridgehead atoms. The summed E-state index contributed by atoms with van der Waals surface area (Å²) in [6.45, 7) is 1.56. The van der Waals surface area contributed by atoms with Gasteiger partial charge in [0.25, 0.3) is 5.91 Å². The van der Waals surface area contributed by atoms with E-state index >= 15 is 0 Å². The minimum absolute atomic E-state index is 0.0301. The molecule has 0 saturated heterocycles. The zero-order chi connectivity index (χ0) is 20.8. The number of anilines is 1. The summed E-state index contributed by atoms with van der Waals surface area (Å²) in [5.74, 6) is 0.273. The van der Waals surface area contributed by atoms with Gasteiger partial charge >= 0.3 is 0 Å². The molecule has 1 fully saturated rings. The summed E-state index contributed by atoms with van der Waals surface area (Å²) < 4.78 is 5.70. The first-order chi connectivity index (χ1) is 14.7. The van der Waals surface area contributed by atoms with E-state index in [1.54, 1.807) is 24.5 Å². The zero-order valence-corrected chi connectivity index (χ0v) is 17.3. The number of nitrogens with zero attached hydrogens (tertiary/aromatic N) is 1. The third-order valence-corrected chi connectivity index (χ3v) is 5.92. The van der Waals surface area contributed by atoms with Gasteiger partial charge < -0.3 is 20.4 Å². The van der Waals surface area contributed by atoms with Crippen LogP contribution in [-0.4, -0.2) is 40.9 Å². The zero-order valence-electron chi connectivity index (χ0n) is 17.3. The van der Waals surface area contributed by atoms with Gasteiger partial charge in [0.15, 0.2) is 5.78 Å². The van der Waals surface area contributed by atoms with E-state index in [-0.39, 0.29) is 11.7 Å². The molecule has 3 N–H and O–H groups in total. The van der Waals surface area contributed by atoms with Crippen molar-refractivity contribution in [3.05, 3.63) is 41.3 Å². The highest BCUT2D eigenvalue weighted by Crippen LogP contribution is 2.25. The molecule has 2 aliphatic carbocycles. The smallest absolute Gasteiger partial charge is 0.257 e. The topological polar surface area (TPSA) is 96.1 Å². The lowest BCUT2D eigenvalue weighted by Gasteiger charge is -2.22. The van der Waals surface area contributed by atoms with Gasteiger partial charge in [-0.3, -0.25) is 9.59 Å². The Balaban J connectivity index is 1.22. The summed E-state index contributed by atoms with van der Waals surface area (Å²) in [6.07, 6.45) is 12.9. The molecule has 7 nitrogen and oxygen atoms in total. The molecule has 2 heterocycles. The monoisotopic (exact) mass is 410 g/mol. The number of hydrogen-bond acceptors (Lipinski definition) is 5. The Morgan fingerprint density at radius 3 is 2.83 bits per heavy atom. The summed E-state index contributed by atoms with van der Waals surface area (Å²) in [5, 5.41) is 6.42. The standard InChI is InChI=1S/C23H30N4O3/c28-20-9-4-8-19-22(20)18(15-25-19)23(29)27-17-10-11-21(26-14-17)30-13-5-12-24-16-6-2-1-3-7-16/h10-11,14-16,24-25H,1-9,12-13H2,(H,27,29). The average Bonchev–Trinajstić information content (AvgIpc) is 3.21. The largest absolute Gasteiger partial charge is 0.478 e. The minimum atomic E-state index is -0.299. The van der Waals surface area contributed by atoms with E-state index in [1.165, 1.54) is 32.1 Å². The third kappa shape index (κ3) is 5.08. The van der Waals surface area contributed by atoms with Crippen molar-refractivity contribution in [2.24, 2.45) is 0 Å². The lowest BCUT2D eigenvalue weighted by molar-refractivity contribution is 0.0956. The number of carbonyl (C=O) groups is 2. The van der Waals surface area contributed by atoms with E-state index in [0.717, 1.165) is 31.5 Å². The van der Waals surface area contributed by atoms with Gasteiger partial charge in [-0.1, -0.05) is 19.3 Å². The second kappa shape index (κ2) is 9.89. The van der Waals surface area contributed by atoms with Crippen LogP contribution in [0, 0.1) is 0 Å². The predicted octanol–water partition coefficient (Wildman–Crippen LogP) is 3.87. The lowest BCUT2D eigenvalue weighted by Crippen LogP contribution is -2.32. The fourth-order valence-corrected chi connectivity index (χ4v) is 4.31. The van der Waals surface area contributed by atoms with Crippen LogP contribution in [0.5, 0.6) is 5.88 Å². The number of aromatic amines is 1. The van der Waals surface area contributed by atoms with Crippen LogP contribution < -0.4 is 15.4 Å². The van der Waals surface area contributed by atoms with Gasteiger partial charge in [-0.05, 0) is 44.7 Å². The summed E-state index contributed by atoms with van der Waals surface area (Å²) >= 11 is 0. The molecule has 0 radical (unpaired) electrons. The number of ketones is 1. The molecule has 30 heavy (non-hydrogen) atoms. The number of nitrogens with one attached hydrogen (secondary N) is 3. The Morgan fingerprint density at radius 1 is 1.17 bits per heavy atom. The van der Waals surface area contributed by atoms with Crippen LogP contribution in [0.15, 0.2) is 24.5 Å². The maximum Gasteiger partial charge on any atom is 0.257 e. The maximum atomic E-state index is 12.6. The van der Waals surface area contributed by atoms with Crippen molar-refractivity contribution in [2.45, 2.75) is 63.8 Å². The van der Waals surface area contributed by atoms with E-state index in [4.69, 9.17) is 4.74 Å². The molecule has 0 unspecified atom stereocenters. The Hall–Kier alpha value is -2.67. The van der Waals surface area contributed by atoms with E-state index < -0.39 is 0 Å². The van der Waals surface area contributed by atoms with Crippen molar-refractivity contribution in [1.82, 2.24) is 15.3 Å². The van der Waals surface area contributed by atoms with Gasteiger partial charge in [-0.15, -0.1) is 0 Å². The molecule has 0 spiro atoms. The molecule has 0 atom stereocenters. The van der Waals surface area contributed by atoms with Crippen molar-refractivity contribution in [1.29, 1.82) is 0 Å². The summed E-state index contributed by atoms with van der Waals surface area (Å²) in [6, 6.07) is 4.18. The van der Waals surface area contributed by atoms with Gasteiger partial charge in [-0.2, -0.15) is 0 Å². The SMILES string of the molecule is O=C(Nc1ccc(OCCCNC2CCCCC2)nc1)c1c[nH]c2c1C(=O)CCC2. The lowest BCUT2D eigenvalue weighted by atomic mass is 9.93. The van der Waals surface area contributed by atoms with Crippen molar-refractivity contribution in [3.63, 3.8) is 0 Å². The first-order valence-corrected chi connectivity index (χ1v) is 11.1. The van der Waals surface area contributed by atoms with Crippen LogP contribution in [0.25, 0.3) is 0 Å². The van der Waals surface area contributed by atoms with Gasteiger partial charge in [-0.25, -0.2) is 4.98 Å². The third-order valence-electron chi connectivity index (χ3n) is 5.92. The molecule has 2 aromatic rings. The number of H-pyrrole nitrogens is 1. The fourth-order valence-electron chi connectivity index (χ4n) is 4.31. The van der Waals surface area contributed by atoms with Crippen LogP contribution in [-0.2, 0) is 6.42 Å². The first-order valence-electron chi connectivity index (χ1n) is 11.1. The summed E-state index contributed by atoms with van der Waals surface area (Å²) in [7, 11) is 0. The van der Waals surface area contributed by atoms with Gasteiger partial charge in [0.05, 0.1) is 29.6 Å². The molecule has 0 aromatic carbocycles. The predicted molar refractivity (Wildman–Crippen MR) is 115 cm³/mol. The Bertz CT molecular complexity index is 869. The second-order valence-electron chi connectivity index (χ2n) is 8.16. The number of aromatic nitrogens is 2. The normalized spacial score (nSPS) is 16.9. The Labute approximate surface area is 177 Å². The van der Waals surface area contributed by atoms with Gasteiger partial charge in [0.2, 0.25) is 5.88 Å². The molecule has 1 saturated carbocycles. The number of fused-ring (bicyclic) bond motifs is 1. The van der Waals surface area contributed by atoms with Crippen LogP contribution in [0.2, 0.25) is 0 Å². The molecular weight excluding hydrogens is 380 g/mol. The van der Waals surface area contributed by atoms with Crippen LogP contribution in [0.4, 0.5) is 5.69 Å². The van der Waals surface area contributed by atoms with Crippen LogP contribution >= 0.6 is 0 Å². The quantitative estimate of drug-likeness (QED) is 0.574. The van der Waals surface area contributed by atoms with E-state index in [1.807, 2.05) is 0 Å². The number of carbonyl (C=O) groups excluding carboxylic acids is 2. The Kier molecular flexibility index (Phi) is 6.79. The number of ether oxygens (including phenoxy) is 1. The molecule has 4 rings (SSSR count). The molecule has 2 aliphatic rings. The summed E-state index contributed by atoms with van der Waals surface area (Å²) in [4.78, 5) is 32.1. The molecule has 0 aliphatic heterocycles. The highest BCUT2D eigenvalue weighted by molar-refractivity contribution is 6.13. The van der Waals surface area contributed by atoms with E-state index in [0.29, 0.717) is 41.8 Å². The first kappa shape index (κ1) is 20.6. The average molecular weight is 411 g/mol. The van der Waals surface area contributed by atoms with E-state index in [2.05, 4.69) is 20.6 Å². The summed E-state index contributed by atoms with van der Waals surface area (Å²) in [5.41, 5.74) is 2.37. The number of aryl methyl sites for hydroxylation is 1.